The van der Waals surface area contributed by atoms with Crippen molar-refractivity contribution in [2.45, 2.75) is 52.4 Å². The summed E-state index contributed by atoms with van der Waals surface area (Å²) in [6.07, 6.45) is 4.06. The van der Waals surface area contributed by atoms with E-state index in [1.807, 2.05) is 42.2 Å². The fraction of sp³-hybridized carbons (Fsp3) is 0.556. The Morgan fingerprint density at radius 3 is 2.36 bits per heavy atom. The van der Waals surface area contributed by atoms with Crippen LogP contribution < -0.4 is 4.90 Å². The molecule has 0 fully saturated rings. The number of rotatable bonds is 10. The molecule has 0 radical (unpaired) electrons. The lowest BCUT2D eigenvalue weighted by Gasteiger charge is -2.22. The van der Waals surface area contributed by atoms with E-state index >= 15 is 0 Å². The number of carbonyl (C=O) groups is 2. The predicted octanol–water partition coefficient (Wildman–Crippen LogP) is 3.94. The van der Waals surface area contributed by atoms with Crippen molar-refractivity contribution < 1.29 is 14.3 Å². The minimum Gasteiger partial charge on any atom is -0.466 e. The summed E-state index contributed by atoms with van der Waals surface area (Å²) >= 11 is 0. The Kier molecular flexibility index (Phi) is 8.96. The van der Waals surface area contributed by atoms with E-state index < -0.39 is 0 Å². The van der Waals surface area contributed by atoms with Crippen LogP contribution in [0.4, 0.5) is 5.69 Å². The van der Waals surface area contributed by atoms with Gasteiger partial charge in [0.1, 0.15) is 0 Å². The monoisotopic (exact) mass is 305 g/mol. The molecule has 1 rings (SSSR count). The summed E-state index contributed by atoms with van der Waals surface area (Å²) in [7, 11) is 0. The molecule has 0 aliphatic carbocycles. The van der Waals surface area contributed by atoms with E-state index in [0.717, 1.165) is 31.5 Å². The van der Waals surface area contributed by atoms with E-state index in [4.69, 9.17) is 4.74 Å². The lowest BCUT2D eigenvalue weighted by Crippen LogP contribution is -2.31. The van der Waals surface area contributed by atoms with Crippen molar-refractivity contribution in [2.75, 3.05) is 18.1 Å². The number of esters is 1. The zero-order valence-corrected chi connectivity index (χ0v) is 13.7. The highest BCUT2D eigenvalue weighted by Gasteiger charge is 2.15. The molecule has 1 aromatic carbocycles. The van der Waals surface area contributed by atoms with Crippen molar-refractivity contribution in [1.82, 2.24) is 0 Å². The molecule has 0 saturated heterocycles. The molecule has 0 bridgehead atoms. The molecule has 0 aliphatic rings. The Labute approximate surface area is 133 Å². The molecule has 0 aliphatic heterocycles. The first kappa shape index (κ1) is 18.2. The zero-order chi connectivity index (χ0) is 16.2. The maximum atomic E-state index is 12.4. The smallest absolute Gasteiger partial charge is 0.305 e. The molecule has 4 nitrogen and oxygen atoms in total. The quantitative estimate of drug-likeness (QED) is 0.615. The van der Waals surface area contributed by atoms with Crippen molar-refractivity contribution in [1.29, 1.82) is 0 Å². The number of unbranched alkanes of at least 4 members (excludes halogenated alkanes) is 1. The second kappa shape index (κ2) is 10.8. The van der Waals surface area contributed by atoms with Crippen molar-refractivity contribution in [2.24, 2.45) is 0 Å². The van der Waals surface area contributed by atoms with Crippen LogP contribution in [0.5, 0.6) is 0 Å². The van der Waals surface area contributed by atoms with Crippen LogP contribution in [0.15, 0.2) is 30.3 Å². The average molecular weight is 305 g/mol. The van der Waals surface area contributed by atoms with E-state index in [-0.39, 0.29) is 11.9 Å². The van der Waals surface area contributed by atoms with Gasteiger partial charge in [0.15, 0.2) is 0 Å². The maximum Gasteiger partial charge on any atom is 0.305 e. The third kappa shape index (κ3) is 6.74. The van der Waals surface area contributed by atoms with Crippen molar-refractivity contribution in [3.63, 3.8) is 0 Å². The number of anilines is 1. The summed E-state index contributed by atoms with van der Waals surface area (Å²) in [5.41, 5.74) is 0.925. The fourth-order valence-electron chi connectivity index (χ4n) is 2.13. The van der Waals surface area contributed by atoms with E-state index in [2.05, 4.69) is 6.92 Å². The summed E-state index contributed by atoms with van der Waals surface area (Å²) in [6.45, 7) is 5.25. The largest absolute Gasteiger partial charge is 0.466 e. The number of amides is 1. The van der Waals surface area contributed by atoms with Gasteiger partial charge in [0.05, 0.1) is 6.61 Å². The van der Waals surface area contributed by atoms with Gasteiger partial charge in [-0.05, 0) is 31.4 Å². The predicted molar refractivity (Wildman–Crippen MR) is 88.8 cm³/mol. The second-order valence-electron chi connectivity index (χ2n) is 5.31. The van der Waals surface area contributed by atoms with Gasteiger partial charge in [-0.3, -0.25) is 9.59 Å². The minimum atomic E-state index is -0.213. The topological polar surface area (TPSA) is 46.6 Å². The van der Waals surface area contributed by atoms with Crippen LogP contribution in [-0.4, -0.2) is 25.0 Å². The highest BCUT2D eigenvalue weighted by atomic mass is 16.5. The maximum absolute atomic E-state index is 12.4. The van der Waals surface area contributed by atoms with Crippen LogP contribution >= 0.6 is 0 Å². The number of benzene rings is 1. The molecule has 1 aromatic rings. The Bertz CT molecular complexity index is 445. The molecular formula is C18H27NO3. The zero-order valence-electron chi connectivity index (χ0n) is 13.7. The summed E-state index contributed by atoms with van der Waals surface area (Å²) < 4.78 is 5.02. The minimum absolute atomic E-state index is 0.0722. The van der Waals surface area contributed by atoms with Crippen LogP contribution in [0.3, 0.4) is 0 Å². The fourth-order valence-corrected chi connectivity index (χ4v) is 2.13. The molecule has 0 heterocycles. The Hall–Kier alpha value is -1.84. The Morgan fingerprint density at radius 1 is 1.00 bits per heavy atom. The average Bonchev–Trinajstić information content (AvgIpc) is 2.54. The van der Waals surface area contributed by atoms with Crippen LogP contribution in [0, 0.1) is 0 Å². The molecule has 0 spiro atoms. The number of carbonyl (C=O) groups excluding carboxylic acids is 2. The molecule has 1 amide bonds. The van der Waals surface area contributed by atoms with Crippen molar-refractivity contribution in [3.05, 3.63) is 30.3 Å². The van der Waals surface area contributed by atoms with Gasteiger partial charge in [-0.15, -0.1) is 0 Å². The molecule has 0 aromatic heterocycles. The van der Waals surface area contributed by atoms with E-state index in [1.165, 1.54) is 0 Å². The Balaban J connectivity index is 2.49. The molecule has 0 N–H and O–H groups in total. The molecule has 0 saturated carbocycles. The van der Waals surface area contributed by atoms with Crippen LogP contribution in [0.2, 0.25) is 0 Å². The molecule has 0 atom stereocenters. The molecule has 0 unspecified atom stereocenters. The number of ether oxygens (including phenoxy) is 1. The van der Waals surface area contributed by atoms with E-state index in [9.17, 15) is 9.59 Å². The van der Waals surface area contributed by atoms with Crippen molar-refractivity contribution in [3.8, 4) is 0 Å². The molecule has 122 valence electrons. The standard InChI is InChI=1S/C18H27NO3/c1-3-5-14-19(16-10-7-6-8-11-16)17(20)12-9-13-18(21)22-15-4-2/h6-8,10-11H,3-5,9,12-15H2,1-2H3. The lowest BCUT2D eigenvalue weighted by atomic mass is 10.2. The first-order chi connectivity index (χ1) is 10.7. The number of nitrogens with zero attached hydrogens (tertiary/aromatic N) is 1. The molecular weight excluding hydrogens is 278 g/mol. The second-order valence-corrected chi connectivity index (χ2v) is 5.31. The van der Waals surface area contributed by atoms with Crippen molar-refractivity contribution >= 4 is 17.6 Å². The summed E-state index contributed by atoms with van der Waals surface area (Å²) in [6, 6.07) is 9.70. The van der Waals surface area contributed by atoms with Gasteiger partial charge in [-0.25, -0.2) is 0 Å². The first-order valence-corrected chi connectivity index (χ1v) is 8.20. The highest BCUT2D eigenvalue weighted by molar-refractivity contribution is 5.93. The third-order valence-corrected chi connectivity index (χ3v) is 3.34. The van der Waals surface area contributed by atoms with Gasteiger partial charge in [0, 0.05) is 25.1 Å². The lowest BCUT2D eigenvalue weighted by molar-refractivity contribution is -0.143. The normalized spacial score (nSPS) is 10.3. The van der Waals surface area contributed by atoms with Gasteiger partial charge in [0.25, 0.3) is 0 Å². The van der Waals surface area contributed by atoms with E-state index in [1.54, 1.807) is 0 Å². The third-order valence-electron chi connectivity index (χ3n) is 3.34. The Morgan fingerprint density at radius 2 is 1.73 bits per heavy atom. The first-order valence-electron chi connectivity index (χ1n) is 8.20. The highest BCUT2D eigenvalue weighted by Crippen LogP contribution is 2.16. The van der Waals surface area contributed by atoms with Crippen LogP contribution in [0.1, 0.15) is 52.4 Å². The van der Waals surface area contributed by atoms with Crippen LogP contribution in [-0.2, 0) is 14.3 Å². The van der Waals surface area contributed by atoms with Gasteiger partial charge in [-0.1, -0.05) is 38.5 Å². The van der Waals surface area contributed by atoms with Crippen LogP contribution in [0.25, 0.3) is 0 Å². The molecule has 22 heavy (non-hydrogen) atoms. The number of hydrogen-bond acceptors (Lipinski definition) is 3. The summed E-state index contributed by atoms with van der Waals surface area (Å²) in [5, 5.41) is 0. The number of para-hydroxylation sites is 1. The van der Waals surface area contributed by atoms with Gasteiger partial charge in [-0.2, -0.15) is 0 Å². The summed E-state index contributed by atoms with van der Waals surface area (Å²) in [4.78, 5) is 25.7. The van der Waals surface area contributed by atoms with E-state index in [0.29, 0.717) is 25.9 Å². The van der Waals surface area contributed by atoms with Gasteiger partial charge < -0.3 is 9.64 Å². The summed E-state index contributed by atoms with van der Waals surface area (Å²) in [5.74, 6) is -0.141. The van der Waals surface area contributed by atoms with Gasteiger partial charge in [0.2, 0.25) is 5.91 Å². The molecule has 4 heteroatoms. The number of hydrogen-bond donors (Lipinski definition) is 0. The SMILES string of the molecule is CCCCN(C(=O)CCCC(=O)OCCC)c1ccccc1. The van der Waals surface area contributed by atoms with Gasteiger partial charge >= 0.3 is 5.97 Å².